The maximum absolute atomic E-state index is 11.3. The van der Waals surface area contributed by atoms with Gasteiger partial charge in [0.15, 0.2) is 0 Å². The molecule has 0 aromatic carbocycles. The van der Waals surface area contributed by atoms with Crippen molar-refractivity contribution in [1.29, 1.82) is 0 Å². The molecular weight excluding hydrogens is 296 g/mol. The minimum absolute atomic E-state index is 0.134. The fourth-order valence-electron chi connectivity index (χ4n) is 4.06. The summed E-state index contributed by atoms with van der Waals surface area (Å²) in [4.78, 5) is 22.6. The molecule has 3 fully saturated rings. The number of hydrogen-bond acceptors (Lipinski definition) is 7. The van der Waals surface area contributed by atoms with Gasteiger partial charge in [0.05, 0.1) is 17.4 Å². The van der Waals surface area contributed by atoms with Crippen molar-refractivity contribution < 1.29 is 28.5 Å². The Morgan fingerprint density at radius 3 is 2.90 bits per heavy atom. The van der Waals surface area contributed by atoms with E-state index in [1.165, 1.54) is 13.8 Å². The Hall–Kier alpha value is -1.05. The molecule has 4 rings (SSSR count). The maximum Gasteiger partial charge on any atom is 0.304 e. The lowest BCUT2D eigenvalue weighted by molar-refractivity contribution is -0.179. The normalized spacial score (nSPS) is 48.5. The predicted octanol–water partition coefficient (Wildman–Crippen LogP) is 0.852. The summed E-state index contributed by atoms with van der Waals surface area (Å²) in [6, 6.07) is 0. The maximum atomic E-state index is 11.3. The summed E-state index contributed by atoms with van der Waals surface area (Å²) >= 11 is 1.63. The topological polar surface area (TPSA) is 71.1 Å². The van der Waals surface area contributed by atoms with E-state index in [9.17, 15) is 9.59 Å². The molecule has 4 heterocycles. The number of esters is 2. The summed E-state index contributed by atoms with van der Waals surface area (Å²) in [5, 5.41) is 0. The molecule has 21 heavy (non-hydrogen) atoms. The molecule has 7 heteroatoms. The van der Waals surface area contributed by atoms with Crippen molar-refractivity contribution in [3.8, 4) is 0 Å². The first kappa shape index (κ1) is 13.6. The molecule has 0 amide bonds. The standard InChI is InChI=1S/C14H16O6S/c1-7(15)17-5-14-10-9-3-4-13(14,20-9)6-21-12(14)19-11(10)18-8(2)16/h3-4,9-12H,5-6H2,1-2H3/t9-,10+,11-,12+,13?,14+/m0/s1. The highest BCUT2D eigenvalue weighted by Crippen LogP contribution is 2.70. The van der Waals surface area contributed by atoms with Crippen LogP contribution in [0.25, 0.3) is 0 Å². The van der Waals surface area contributed by atoms with E-state index in [-0.39, 0.29) is 36.0 Å². The van der Waals surface area contributed by atoms with E-state index >= 15 is 0 Å². The molecule has 4 aliphatic rings. The van der Waals surface area contributed by atoms with Gasteiger partial charge in [0, 0.05) is 19.6 Å². The van der Waals surface area contributed by atoms with Gasteiger partial charge in [0.25, 0.3) is 0 Å². The summed E-state index contributed by atoms with van der Waals surface area (Å²) in [5.41, 5.74) is -1.15. The van der Waals surface area contributed by atoms with E-state index in [4.69, 9.17) is 18.9 Å². The highest BCUT2D eigenvalue weighted by molar-refractivity contribution is 8.00. The van der Waals surface area contributed by atoms with Crippen molar-refractivity contribution in [3.05, 3.63) is 12.2 Å². The summed E-state index contributed by atoms with van der Waals surface area (Å²) in [7, 11) is 0. The van der Waals surface area contributed by atoms with Crippen molar-refractivity contribution in [2.45, 2.75) is 37.3 Å². The van der Waals surface area contributed by atoms with Gasteiger partial charge in [-0.2, -0.15) is 0 Å². The lowest BCUT2D eigenvalue weighted by Gasteiger charge is -2.37. The highest BCUT2D eigenvalue weighted by Gasteiger charge is 2.79. The van der Waals surface area contributed by atoms with Crippen molar-refractivity contribution in [1.82, 2.24) is 0 Å². The molecule has 6 atom stereocenters. The largest absolute Gasteiger partial charge is 0.465 e. The second kappa shape index (κ2) is 4.24. The molecule has 2 bridgehead atoms. The van der Waals surface area contributed by atoms with E-state index in [1.807, 2.05) is 6.08 Å². The first-order valence-electron chi connectivity index (χ1n) is 6.93. The Morgan fingerprint density at radius 2 is 2.19 bits per heavy atom. The van der Waals surface area contributed by atoms with Gasteiger partial charge in [-0.25, -0.2) is 0 Å². The number of carbonyl (C=O) groups excluding carboxylic acids is 2. The van der Waals surface area contributed by atoms with Crippen molar-refractivity contribution >= 4 is 23.7 Å². The van der Waals surface area contributed by atoms with Crippen LogP contribution in [0.5, 0.6) is 0 Å². The molecule has 0 N–H and O–H groups in total. The molecular formula is C14H16O6S. The Balaban J connectivity index is 1.73. The van der Waals surface area contributed by atoms with Gasteiger partial charge in [0.1, 0.15) is 17.6 Å². The van der Waals surface area contributed by atoms with Crippen molar-refractivity contribution in [3.63, 3.8) is 0 Å². The zero-order valence-corrected chi connectivity index (χ0v) is 12.6. The number of hydrogen-bond donors (Lipinski definition) is 0. The summed E-state index contributed by atoms with van der Waals surface area (Å²) in [5.74, 6) is -0.0827. The molecule has 1 spiro atoms. The minimum atomic E-state index is -0.646. The zero-order chi connectivity index (χ0) is 14.8. The number of thioether (sulfide) groups is 1. The van der Waals surface area contributed by atoms with Crippen LogP contribution in [0, 0.1) is 11.3 Å². The van der Waals surface area contributed by atoms with Crippen LogP contribution in [-0.4, -0.2) is 47.7 Å². The van der Waals surface area contributed by atoms with Crippen LogP contribution in [0.3, 0.4) is 0 Å². The van der Waals surface area contributed by atoms with Crippen molar-refractivity contribution in [2.75, 3.05) is 12.4 Å². The van der Waals surface area contributed by atoms with Gasteiger partial charge in [-0.05, 0) is 0 Å². The Kier molecular flexibility index (Phi) is 2.75. The van der Waals surface area contributed by atoms with Crippen LogP contribution in [-0.2, 0) is 28.5 Å². The molecule has 6 nitrogen and oxygen atoms in total. The quantitative estimate of drug-likeness (QED) is 0.565. The molecule has 0 radical (unpaired) electrons. The first-order valence-corrected chi connectivity index (χ1v) is 7.98. The molecule has 0 saturated carbocycles. The van der Waals surface area contributed by atoms with Gasteiger partial charge in [-0.15, -0.1) is 11.8 Å². The fraction of sp³-hybridized carbons (Fsp3) is 0.714. The lowest BCUT2D eigenvalue weighted by Crippen LogP contribution is -2.51. The van der Waals surface area contributed by atoms with Crippen LogP contribution in [0.1, 0.15) is 13.8 Å². The number of rotatable bonds is 3. The van der Waals surface area contributed by atoms with E-state index in [0.717, 1.165) is 5.75 Å². The smallest absolute Gasteiger partial charge is 0.304 e. The Labute approximate surface area is 126 Å². The van der Waals surface area contributed by atoms with Gasteiger partial charge < -0.3 is 18.9 Å². The fourth-order valence-corrected chi connectivity index (χ4v) is 5.81. The predicted molar refractivity (Wildman–Crippen MR) is 72.2 cm³/mol. The second-order valence-electron chi connectivity index (χ2n) is 5.93. The molecule has 4 aliphatic heterocycles. The monoisotopic (exact) mass is 312 g/mol. The summed E-state index contributed by atoms with van der Waals surface area (Å²) in [6.45, 7) is 2.98. The molecule has 114 valence electrons. The van der Waals surface area contributed by atoms with Gasteiger partial charge in [-0.3, -0.25) is 9.59 Å². The van der Waals surface area contributed by atoms with E-state index in [2.05, 4.69) is 6.08 Å². The van der Waals surface area contributed by atoms with Crippen LogP contribution in [0.4, 0.5) is 0 Å². The zero-order valence-electron chi connectivity index (χ0n) is 11.7. The number of ether oxygens (including phenoxy) is 4. The van der Waals surface area contributed by atoms with Crippen LogP contribution >= 0.6 is 11.8 Å². The molecule has 0 aromatic heterocycles. The third-order valence-corrected chi connectivity index (χ3v) is 6.29. The third-order valence-electron chi connectivity index (χ3n) is 4.86. The minimum Gasteiger partial charge on any atom is -0.465 e. The van der Waals surface area contributed by atoms with Crippen LogP contribution in [0.15, 0.2) is 12.2 Å². The Bertz CT molecular complexity index is 548. The average molecular weight is 312 g/mol. The average Bonchev–Trinajstić information content (AvgIpc) is 3.08. The molecule has 0 aromatic rings. The highest BCUT2D eigenvalue weighted by atomic mass is 32.2. The van der Waals surface area contributed by atoms with Gasteiger partial charge in [-0.1, -0.05) is 12.2 Å². The summed E-state index contributed by atoms with van der Waals surface area (Å²) in [6.07, 6.45) is 3.26. The van der Waals surface area contributed by atoms with Gasteiger partial charge in [0.2, 0.25) is 6.29 Å². The first-order chi connectivity index (χ1) is 9.98. The number of carbonyl (C=O) groups is 2. The van der Waals surface area contributed by atoms with E-state index < -0.39 is 17.3 Å². The Morgan fingerprint density at radius 1 is 1.38 bits per heavy atom. The van der Waals surface area contributed by atoms with E-state index in [1.54, 1.807) is 11.8 Å². The SMILES string of the molecule is CC(=O)OC[C@@]12[C@H]3[C@@H](OC(C)=O)O[C@@H]1SCC21C=C[C@@H]3O1. The van der Waals surface area contributed by atoms with Gasteiger partial charge >= 0.3 is 11.9 Å². The molecule has 3 saturated heterocycles. The van der Waals surface area contributed by atoms with Crippen LogP contribution in [0.2, 0.25) is 0 Å². The van der Waals surface area contributed by atoms with Crippen molar-refractivity contribution in [2.24, 2.45) is 11.3 Å². The van der Waals surface area contributed by atoms with Crippen LogP contribution < -0.4 is 0 Å². The third kappa shape index (κ3) is 1.57. The second-order valence-corrected chi connectivity index (χ2v) is 6.98. The lowest BCUT2D eigenvalue weighted by atomic mass is 9.64. The molecule has 0 aliphatic carbocycles. The van der Waals surface area contributed by atoms with E-state index in [0.29, 0.717) is 0 Å². The summed E-state index contributed by atoms with van der Waals surface area (Å²) < 4.78 is 22.8. The molecule has 1 unspecified atom stereocenters. The number of fused-ring (bicyclic) bond motifs is 2.